The minimum Gasteiger partial charge on any atom is -0.330 e. The molecule has 0 aliphatic rings. The third-order valence-electron chi connectivity index (χ3n) is 2.65. The highest BCUT2D eigenvalue weighted by atomic mass is 14.9. The summed E-state index contributed by atoms with van der Waals surface area (Å²) in [6, 6.07) is 11.1. The number of hydrogen-bond donors (Lipinski definition) is 2. The molecule has 1 rings (SSSR count). The Hall–Kier alpha value is -0.860. The van der Waals surface area contributed by atoms with E-state index in [1.165, 1.54) is 5.56 Å². The van der Waals surface area contributed by atoms with Crippen molar-refractivity contribution in [2.24, 2.45) is 11.7 Å². The van der Waals surface area contributed by atoms with Crippen molar-refractivity contribution < 1.29 is 0 Å². The zero-order valence-corrected chi connectivity index (χ0v) is 10.4. The van der Waals surface area contributed by atoms with Gasteiger partial charge in [-0.2, -0.15) is 0 Å². The Kier molecular flexibility index (Phi) is 6.12. The molecule has 0 amide bonds. The summed E-state index contributed by atoms with van der Waals surface area (Å²) in [5.41, 5.74) is 7.04. The van der Waals surface area contributed by atoms with Gasteiger partial charge in [0.15, 0.2) is 0 Å². The molecule has 0 fully saturated rings. The maximum absolute atomic E-state index is 5.65. The normalized spacial score (nSPS) is 13.0. The summed E-state index contributed by atoms with van der Waals surface area (Å²) >= 11 is 0. The predicted octanol–water partition coefficient (Wildman–Crippen LogP) is 2.19. The second-order valence-corrected chi connectivity index (χ2v) is 4.77. The molecule has 90 valence electrons. The third kappa shape index (κ3) is 5.29. The van der Waals surface area contributed by atoms with Crippen LogP contribution in [0.25, 0.3) is 0 Å². The number of rotatable bonds is 7. The van der Waals surface area contributed by atoms with Crippen LogP contribution in [0.5, 0.6) is 0 Å². The molecule has 0 aromatic heterocycles. The summed E-state index contributed by atoms with van der Waals surface area (Å²) < 4.78 is 0. The van der Waals surface area contributed by atoms with Gasteiger partial charge in [-0.25, -0.2) is 0 Å². The minimum atomic E-state index is 0.509. The third-order valence-corrected chi connectivity index (χ3v) is 2.65. The molecule has 1 atom stereocenters. The second kappa shape index (κ2) is 7.42. The SMILES string of the molecule is CC(C)CNC(CCN)Cc1ccccc1. The lowest BCUT2D eigenvalue weighted by atomic mass is 10.0. The average Bonchev–Trinajstić information content (AvgIpc) is 2.27. The van der Waals surface area contributed by atoms with E-state index in [1.807, 2.05) is 0 Å². The van der Waals surface area contributed by atoms with E-state index in [0.717, 1.165) is 25.9 Å². The van der Waals surface area contributed by atoms with Gasteiger partial charge in [-0.05, 0) is 37.4 Å². The first-order valence-electron chi connectivity index (χ1n) is 6.19. The molecule has 0 heterocycles. The Balaban J connectivity index is 2.44. The highest BCUT2D eigenvalue weighted by Gasteiger charge is 2.08. The van der Waals surface area contributed by atoms with E-state index in [9.17, 15) is 0 Å². The summed E-state index contributed by atoms with van der Waals surface area (Å²) in [6.07, 6.45) is 2.12. The van der Waals surface area contributed by atoms with Crippen LogP contribution in [0.2, 0.25) is 0 Å². The molecule has 3 N–H and O–H groups in total. The van der Waals surface area contributed by atoms with Crippen molar-refractivity contribution in [2.75, 3.05) is 13.1 Å². The molecule has 0 saturated heterocycles. The molecule has 1 unspecified atom stereocenters. The van der Waals surface area contributed by atoms with Crippen LogP contribution in [0, 0.1) is 5.92 Å². The zero-order valence-electron chi connectivity index (χ0n) is 10.4. The number of benzene rings is 1. The van der Waals surface area contributed by atoms with Crippen molar-refractivity contribution in [3.05, 3.63) is 35.9 Å². The van der Waals surface area contributed by atoms with Crippen LogP contribution < -0.4 is 11.1 Å². The molecule has 1 aromatic carbocycles. The molecule has 0 saturated carbocycles. The Morgan fingerprint density at radius 2 is 1.88 bits per heavy atom. The van der Waals surface area contributed by atoms with Gasteiger partial charge in [-0.15, -0.1) is 0 Å². The second-order valence-electron chi connectivity index (χ2n) is 4.77. The van der Waals surface area contributed by atoms with Crippen molar-refractivity contribution >= 4 is 0 Å². The van der Waals surface area contributed by atoms with Crippen LogP contribution in [0.15, 0.2) is 30.3 Å². The quantitative estimate of drug-likeness (QED) is 0.739. The summed E-state index contributed by atoms with van der Waals surface area (Å²) in [4.78, 5) is 0. The van der Waals surface area contributed by atoms with Crippen molar-refractivity contribution in [3.63, 3.8) is 0 Å². The van der Waals surface area contributed by atoms with Gasteiger partial charge in [-0.1, -0.05) is 44.2 Å². The van der Waals surface area contributed by atoms with E-state index >= 15 is 0 Å². The first-order chi connectivity index (χ1) is 7.72. The Bertz CT molecular complexity index is 269. The lowest BCUT2D eigenvalue weighted by Gasteiger charge is -2.19. The molecule has 16 heavy (non-hydrogen) atoms. The summed E-state index contributed by atoms with van der Waals surface area (Å²) in [5, 5.41) is 3.59. The van der Waals surface area contributed by atoms with Crippen LogP contribution in [-0.4, -0.2) is 19.1 Å². The first kappa shape index (κ1) is 13.2. The zero-order chi connectivity index (χ0) is 11.8. The maximum Gasteiger partial charge on any atom is 0.0120 e. The van der Waals surface area contributed by atoms with Gasteiger partial charge in [0.25, 0.3) is 0 Å². The highest BCUT2D eigenvalue weighted by molar-refractivity contribution is 5.15. The van der Waals surface area contributed by atoms with Gasteiger partial charge in [0.1, 0.15) is 0 Å². The van der Waals surface area contributed by atoms with Gasteiger partial charge in [0, 0.05) is 6.04 Å². The smallest absolute Gasteiger partial charge is 0.0120 e. The van der Waals surface area contributed by atoms with Crippen LogP contribution >= 0.6 is 0 Å². The van der Waals surface area contributed by atoms with Crippen LogP contribution in [0.3, 0.4) is 0 Å². The van der Waals surface area contributed by atoms with Crippen molar-refractivity contribution in [1.29, 1.82) is 0 Å². The summed E-state index contributed by atoms with van der Waals surface area (Å²) in [7, 11) is 0. The predicted molar refractivity (Wildman–Crippen MR) is 70.4 cm³/mol. The molecule has 0 bridgehead atoms. The van der Waals surface area contributed by atoms with Gasteiger partial charge < -0.3 is 11.1 Å². The van der Waals surface area contributed by atoms with E-state index in [2.05, 4.69) is 49.5 Å². The molecule has 2 nitrogen and oxygen atoms in total. The number of hydrogen-bond acceptors (Lipinski definition) is 2. The Morgan fingerprint density at radius 3 is 2.44 bits per heavy atom. The summed E-state index contributed by atoms with van der Waals surface area (Å²) in [5.74, 6) is 0.691. The molecular formula is C14H24N2. The molecule has 0 aliphatic heterocycles. The number of nitrogens with two attached hydrogens (primary N) is 1. The van der Waals surface area contributed by atoms with Gasteiger partial charge in [-0.3, -0.25) is 0 Å². The summed E-state index contributed by atoms with van der Waals surface area (Å²) in [6.45, 7) is 6.28. The Morgan fingerprint density at radius 1 is 1.19 bits per heavy atom. The monoisotopic (exact) mass is 220 g/mol. The van der Waals surface area contributed by atoms with Gasteiger partial charge in [0.05, 0.1) is 0 Å². The van der Waals surface area contributed by atoms with Gasteiger partial charge >= 0.3 is 0 Å². The van der Waals surface area contributed by atoms with Crippen molar-refractivity contribution in [2.45, 2.75) is 32.7 Å². The van der Waals surface area contributed by atoms with Crippen molar-refractivity contribution in [3.8, 4) is 0 Å². The van der Waals surface area contributed by atoms with Gasteiger partial charge in [0.2, 0.25) is 0 Å². The van der Waals surface area contributed by atoms with Crippen LogP contribution in [0.4, 0.5) is 0 Å². The lowest BCUT2D eigenvalue weighted by molar-refractivity contribution is 0.442. The fourth-order valence-electron chi connectivity index (χ4n) is 1.78. The Labute approximate surface area is 99.2 Å². The van der Waals surface area contributed by atoms with Crippen LogP contribution in [-0.2, 0) is 6.42 Å². The highest BCUT2D eigenvalue weighted by Crippen LogP contribution is 2.05. The lowest BCUT2D eigenvalue weighted by Crippen LogP contribution is -2.35. The fraction of sp³-hybridized carbons (Fsp3) is 0.571. The molecule has 0 aliphatic carbocycles. The van der Waals surface area contributed by atoms with E-state index in [-0.39, 0.29) is 0 Å². The largest absolute Gasteiger partial charge is 0.330 e. The standard InChI is InChI=1S/C14H24N2/c1-12(2)11-16-14(8-9-15)10-13-6-4-3-5-7-13/h3-7,12,14,16H,8-11,15H2,1-2H3. The van der Waals surface area contributed by atoms with Crippen molar-refractivity contribution in [1.82, 2.24) is 5.32 Å². The van der Waals surface area contributed by atoms with E-state index < -0.39 is 0 Å². The molecule has 1 aromatic rings. The number of nitrogens with one attached hydrogen (secondary N) is 1. The topological polar surface area (TPSA) is 38.0 Å². The van der Waals surface area contributed by atoms with E-state index in [1.54, 1.807) is 0 Å². The first-order valence-corrected chi connectivity index (χ1v) is 6.19. The fourth-order valence-corrected chi connectivity index (χ4v) is 1.78. The molecule has 0 radical (unpaired) electrons. The van der Waals surface area contributed by atoms with E-state index in [0.29, 0.717) is 12.0 Å². The molecule has 0 spiro atoms. The van der Waals surface area contributed by atoms with Crippen LogP contribution in [0.1, 0.15) is 25.8 Å². The maximum atomic E-state index is 5.65. The molecule has 2 heteroatoms. The average molecular weight is 220 g/mol. The van der Waals surface area contributed by atoms with E-state index in [4.69, 9.17) is 5.73 Å². The molecular weight excluding hydrogens is 196 g/mol. The minimum absolute atomic E-state index is 0.509.